The lowest BCUT2D eigenvalue weighted by molar-refractivity contribution is 0.601. The predicted octanol–water partition coefficient (Wildman–Crippen LogP) is 4.50. The van der Waals surface area contributed by atoms with E-state index in [4.69, 9.17) is 11.6 Å². The standard InChI is InChI=1S/C15H19ClN2S/c1-4-8-17-14(15-13(16)7-9-19-15)12-6-5-10(2)18-11(12)3/h5-7,9,14,17H,4,8H2,1-3H3. The summed E-state index contributed by atoms with van der Waals surface area (Å²) in [5.74, 6) is 0. The number of pyridine rings is 1. The van der Waals surface area contributed by atoms with Gasteiger partial charge in [-0.3, -0.25) is 4.98 Å². The van der Waals surface area contributed by atoms with Crippen LogP contribution < -0.4 is 5.32 Å². The van der Waals surface area contributed by atoms with Crippen LogP contribution in [0, 0.1) is 13.8 Å². The minimum atomic E-state index is 0.139. The molecule has 2 nitrogen and oxygen atoms in total. The summed E-state index contributed by atoms with van der Waals surface area (Å²) in [7, 11) is 0. The molecule has 0 bridgehead atoms. The number of hydrogen-bond donors (Lipinski definition) is 1. The van der Waals surface area contributed by atoms with Crippen LogP contribution in [0.2, 0.25) is 5.02 Å². The van der Waals surface area contributed by atoms with Gasteiger partial charge in [-0.2, -0.15) is 0 Å². The van der Waals surface area contributed by atoms with Crippen molar-refractivity contribution in [3.8, 4) is 0 Å². The van der Waals surface area contributed by atoms with Gasteiger partial charge in [-0.25, -0.2) is 0 Å². The monoisotopic (exact) mass is 294 g/mol. The van der Waals surface area contributed by atoms with Crippen LogP contribution in [0.25, 0.3) is 0 Å². The second kappa shape index (κ2) is 6.51. The molecule has 0 saturated carbocycles. The molecule has 2 aromatic rings. The van der Waals surface area contributed by atoms with Crippen LogP contribution in [0.5, 0.6) is 0 Å². The lowest BCUT2D eigenvalue weighted by Crippen LogP contribution is -2.23. The van der Waals surface area contributed by atoms with E-state index in [1.165, 1.54) is 10.4 Å². The lowest BCUT2D eigenvalue weighted by Gasteiger charge is -2.20. The molecule has 19 heavy (non-hydrogen) atoms. The molecular formula is C15H19ClN2S. The number of nitrogens with zero attached hydrogens (tertiary/aromatic N) is 1. The normalized spacial score (nSPS) is 12.6. The van der Waals surface area contributed by atoms with Gasteiger partial charge >= 0.3 is 0 Å². The van der Waals surface area contributed by atoms with Crippen LogP contribution in [0.4, 0.5) is 0 Å². The largest absolute Gasteiger partial charge is 0.305 e. The Morgan fingerprint density at radius 2 is 2.11 bits per heavy atom. The van der Waals surface area contributed by atoms with Gasteiger partial charge in [0.2, 0.25) is 0 Å². The van der Waals surface area contributed by atoms with Crippen molar-refractivity contribution in [2.45, 2.75) is 33.2 Å². The van der Waals surface area contributed by atoms with Crippen molar-refractivity contribution in [2.24, 2.45) is 0 Å². The Kier molecular flexibility index (Phi) is 4.97. The molecule has 1 unspecified atom stereocenters. The van der Waals surface area contributed by atoms with Gasteiger partial charge in [-0.05, 0) is 49.9 Å². The maximum Gasteiger partial charge on any atom is 0.0703 e. The van der Waals surface area contributed by atoms with Gasteiger partial charge in [0.15, 0.2) is 0 Å². The van der Waals surface area contributed by atoms with Crippen molar-refractivity contribution in [1.29, 1.82) is 0 Å². The molecule has 102 valence electrons. The van der Waals surface area contributed by atoms with Crippen molar-refractivity contribution >= 4 is 22.9 Å². The highest BCUT2D eigenvalue weighted by Gasteiger charge is 2.20. The molecule has 2 rings (SSSR count). The van der Waals surface area contributed by atoms with Gasteiger partial charge < -0.3 is 5.32 Å². The van der Waals surface area contributed by atoms with Gasteiger partial charge in [0, 0.05) is 16.3 Å². The summed E-state index contributed by atoms with van der Waals surface area (Å²) in [6, 6.07) is 6.31. The molecule has 0 spiro atoms. The minimum absolute atomic E-state index is 0.139. The molecule has 0 fully saturated rings. The molecule has 0 aromatic carbocycles. The Bertz CT molecular complexity index is 551. The molecule has 0 aliphatic carbocycles. The molecule has 0 saturated heterocycles. The van der Waals surface area contributed by atoms with Crippen LogP contribution in [0.3, 0.4) is 0 Å². The number of halogens is 1. The third-order valence-corrected chi connectivity index (χ3v) is 4.51. The predicted molar refractivity (Wildman–Crippen MR) is 83.2 cm³/mol. The smallest absolute Gasteiger partial charge is 0.0703 e. The van der Waals surface area contributed by atoms with E-state index in [9.17, 15) is 0 Å². The first-order valence-electron chi connectivity index (χ1n) is 6.54. The van der Waals surface area contributed by atoms with Crippen LogP contribution in [-0.4, -0.2) is 11.5 Å². The van der Waals surface area contributed by atoms with Gasteiger partial charge in [0.1, 0.15) is 0 Å². The number of thiophene rings is 1. The number of rotatable bonds is 5. The zero-order chi connectivity index (χ0) is 13.8. The lowest BCUT2D eigenvalue weighted by atomic mass is 10.0. The quantitative estimate of drug-likeness (QED) is 0.878. The highest BCUT2D eigenvalue weighted by molar-refractivity contribution is 7.10. The van der Waals surface area contributed by atoms with Gasteiger partial charge in [0.05, 0.1) is 11.1 Å². The van der Waals surface area contributed by atoms with Crippen molar-refractivity contribution < 1.29 is 0 Å². The second-order valence-electron chi connectivity index (χ2n) is 4.65. The molecule has 0 radical (unpaired) electrons. The number of nitrogens with one attached hydrogen (secondary N) is 1. The van der Waals surface area contributed by atoms with Crippen molar-refractivity contribution in [3.05, 3.63) is 50.4 Å². The molecule has 0 aliphatic heterocycles. The van der Waals surface area contributed by atoms with E-state index in [0.717, 1.165) is 29.4 Å². The Morgan fingerprint density at radius 3 is 2.68 bits per heavy atom. The first-order chi connectivity index (χ1) is 9.13. The molecule has 1 N–H and O–H groups in total. The van der Waals surface area contributed by atoms with E-state index in [0.29, 0.717) is 0 Å². The van der Waals surface area contributed by atoms with Crippen LogP contribution >= 0.6 is 22.9 Å². The Labute approximate surface area is 123 Å². The fourth-order valence-electron chi connectivity index (χ4n) is 2.15. The number of aromatic nitrogens is 1. The van der Waals surface area contributed by atoms with E-state index in [1.54, 1.807) is 11.3 Å². The van der Waals surface area contributed by atoms with E-state index in [1.807, 2.05) is 18.4 Å². The van der Waals surface area contributed by atoms with Gasteiger partial charge in [0.25, 0.3) is 0 Å². The zero-order valence-corrected chi connectivity index (χ0v) is 13.1. The molecular weight excluding hydrogens is 276 g/mol. The SMILES string of the molecule is CCCNC(c1ccc(C)nc1C)c1sccc1Cl. The van der Waals surface area contributed by atoms with Crippen LogP contribution in [0.15, 0.2) is 23.6 Å². The maximum absolute atomic E-state index is 6.30. The fraction of sp³-hybridized carbons (Fsp3) is 0.400. The molecule has 1 atom stereocenters. The first-order valence-corrected chi connectivity index (χ1v) is 7.79. The maximum atomic E-state index is 6.30. The third-order valence-electron chi connectivity index (χ3n) is 3.08. The van der Waals surface area contributed by atoms with Crippen molar-refractivity contribution in [2.75, 3.05) is 6.54 Å². The minimum Gasteiger partial charge on any atom is -0.305 e. The topological polar surface area (TPSA) is 24.9 Å². The second-order valence-corrected chi connectivity index (χ2v) is 6.00. The summed E-state index contributed by atoms with van der Waals surface area (Å²) in [4.78, 5) is 5.73. The Morgan fingerprint density at radius 1 is 1.32 bits per heavy atom. The van der Waals surface area contributed by atoms with Crippen molar-refractivity contribution in [3.63, 3.8) is 0 Å². The number of hydrogen-bond acceptors (Lipinski definition) is 3. The number of aryl methyl sites for hydroxylation is 2. The Hall–Kier alpha value is -0.900. The summed E-state index contributed by atoms with van der Waals surface area (Å²) in [6.07, 6.45) is 1.10. The average molecular weight is 295 g/mol. The summed E-state index contributed by atoms with van der Waals surface area (Å²) in [6.45, 7) is 7.21. The average Bonchev–Trinajstić information content (AvgIpc) is 2.78. The van der Waals surface area contributed by atoms with Crippen LogP contribution in [0.1, 0.15) is 41.2 Å². The van der Waals surface area contributed by atoms with Crippen LogP contribution in [-0.2, 0) is 0 Å². The first kappa shape index (κ1) is 14.5. The molecule has 4 heteroatoms. The molecule has 2 aromatic heterocycles. The molecule has 2 heterocycles. The fourth-order valence-corrected chi connectivity index (χ4v) is 3.40. The van der Waals surface area contributed by atoms with E-state index >= 15 is 0 Å². The summed E-state index contributed by atoms with van der Waals surface area (Å²) < 4.78 is 0. The highest BCUT2D eigenvalue weighted by atomic mass is 35.5. The Balaban J connectivity index is 2.40. The third kappa shape index (κ3) is 3.35. The van der Waals surface area contributed by atoms with E-state index in [-0.39, 0.29) is 6.04 Å². The molecule has 0 amide bonds. The van der Waals surface area contributed by atoms with E-state index < -0.39 is 0 Å². The highest BCUT2D eigenvalue weighted by Crippen LogP contribution is 2.33. The zero-order valence-electron chi connectivity index (χ0n) is 11.5. The van der Waals surface area contributed by atoms with Gasteiger partial charge in [-0.1, -0.05) is 24.6 Å². The summed E-state index contributed by atoms with van der Waals surface area (Å²) >= 11 is 7.99. The van der Waals surface area contributed by atoms with Crippen molar-refractivity contribution in [1.82, 2.24) is 10.3 Å². The molecule has 0 aliphatic rings. The summed E-state index contributed by atoms with van der Waals surface area (Å²) in [5.41, 5.74) is 3.33. The van der Waals surface area contributed by atoms with E-state index in [2.05, 4.69) is 36.3 Å². The summed E-state index contributed by atoms with van der Waals surface area (Å²) in [5, 5.41) is 6.44. The van der Waals surface area contributed by atoms with Gasteiger partial charge in [-0.15, -0.1) is 11.3 Å².